The van der Waals surface area contributed by atoms with Gasteiger partial charge in [0.25, 0.3) is 0 Å². The van der Waals surface area contributed by atoms with Gasteiger partial charge in [-0.25, -0.2) is 4.39 Å². The molecule has 0 aliphatic rings. The van der Waals surface area contributed by atoms with Crippen LogP contribution in [0.1, 0.15) is 32.4 Å². The van der Waals surface area contributed by atoms with Crippen LogP contribution in [0.5, 0.6) is 0 Å². The van der Waals surface area contributed by atoms with Crippen LogP contribution in [0, 0.1) is 5.82 Å². The molecule has 0 heterocycles. The molecule has 5 heteroatoms. The van der Waals surface area contributed by atoms with Crippen molar-refractivity contribution >= 4 is 39.3 Å². The van der Waals surface area contributed by atoms with Crippen LogP contribution in [-0.4, -0.2) is 15.6 Å². The molecule has 0 aromatic heterocycles. The first-order valence-electron chi connectivity index (χ1n) is 5.18. The van der Waals surface area contributed by atoms with E-state index in [0.717, 1.165) is 0 Å². The molecule has 1 aromatic carbocycles. The highest BCUT2D eigenvalue weighted by Gasteiger charge is 2.20. The van der Waals surface area contributed by atoms with E-state index in [4.69, 9.17) is 11.6 Å². The van der Waals surface area contributed by atoms with E-state index in [-0.39, 0.29) is 15.3 Å². The third kappa shape index (κ3) is 4.43. The number of benzene rings is 1. The Morgan fingerprint density at radius 3 is 2.59 bits per heavy atom. The van der Waals surface area contributed by atoms with Gasteiger partial charge in [0.15, 0.2) is 0 Å². The zero-order valence-electron chi connectivity index (χ0n) is 9.93. The maximum Gasteiger partial charge on any atom is 0.148 e. The minimum atomic E-state index is -0.843. The van der Waals surface area contributed by atoms with E-state index in [1.807, 2.05) is 0 Å². The van der Waals surface area contributed by atoms with Crippen LogP contribution in [0.4, 0.5) is 4.39 Å². The van der Waals surface area contributed by atoms with Gasteiger partial charge in [0.05, 0.1) is 11.1 Å². The number of aliphatic hydroxyl groups excluding tert-OH is 1. The van der Waals surface area contributed by atoms with Crippen molar-refractivity contribution < 1.29 is 9.50 Å². The molecule has 0 spiro atoms. The van der Waals surface area contributed by atoms with Crippen LogP contribution >= 0.6 is 39.3 Å². The highest BCUT2D eigenvalue weighted by atomic mass is 79.9. The Labute approximate surface area is 119 Å². The number of thioether (sulfide) groups is 1. The molecule has 0 bridgehead atoms. The summed E-state index contributed by atoms with van der Waals surface area (Å²) in [6, 6.07) is 3.20. The summed E-state index contributed by atoms with van der Waals surface area (Å²) >= 11 is 10.5. The Kier molecular flexibility index (Phi) is 5.32. The number of aliphatic hydroxyl groups is 1. The minimum absolute atomic E-state index is 0.0160. The topological polar surface area (TPSA) is 20.2 Å². The Balaban J connectivity index is 2.83. The number of rotatable bonds is 3. The van der Waals surface area contributed by atoms with Gasteiger partial charge in [-0.2, -0.15) is 11.8 Å². The summed E-state index contributed by atoms with van der Waals surface area (Å²) in [6.45, 7) is 6.15. The fraction of sp³-hybridized carbons (Fsp3) is 0.500. The first-order valence-corrected chi connectivity index (χ1v) is 7.33. The first-order chi connectivity index (χ1) is 7.72. The van der Waals surface area contributed by atoms with Crippen molar-refractivity contribution in [1.82, 2.24) is 0 Å². The van der Waals surface area contributed by atoms with Gasteiger partial charge in [0, 0.05) is 20.5 Å². The van der Waals surface area contributed by atoms with Gasteiger partial charge in [-0.3, -0.25) is 0 Å². The molecule has 17 heavy (non-hydrogen) atoms. The lowest BCUT2D eigenvalue weighted by Gasteiger charge is -2.20. The van der Waals surface area contributed by atoms with Crippen LogP contribution in [0.25, 0.3) is 0 Å². The zero-order valence-corrected chi connectivity index (χ0v) is 13.1. The number of halogens is 3. The fourth-order valence-corrected chi connectivity index (χ4v) is 2.53. The van der Waals surface area contributed by atoms with Gasteiger partial charge in [-0.15, -0.1) is 0 Å². The quantitative estimate of drug-likeness (QED) is 0.796. The van der Waals surface area contributed by atoms with Crippen LogP contribution in [0.2, 0.25) is 5.02 Å². The van der Waals surface area contributed by atoms with Gasteiger partial charge in [-0.05, 0) is 22.0 Å². The molecule has 1 atom stereocenters. The fourth-order valence-electron chi connectivity index (χ4n) is 1.22. The molecule has 1 nitrogen and oxygen atoms in total. The largest absolute Gasteiger partial charge is 0.387 e. The third-order valence-electron chi connectivity index (χ3n) is 2.10. The molecule has 0 saturated carbocycles. The van der Waals surface area contributed by atoms with Crippen molar-refractivity contribution in [1.29, 1.82) is 0 Å². The molecule has 1 aromatic rings. The monoisotopic (exact) mass is 340 g/mol. The van der Waals surface area contributed by atoms with Crippen molar-refractivity contribution in [3.63, 3.8) is 0 Å². The first kappa shape index (κ1) is 15.3. The summed E-state index contributed by atoms with van der Waals surface area (Å²) in [5.74, 6) is -0.110. The van der Waals surface area contributed by atoms with E-state index >= 15 is 0 Å². The summed E-state index contributed by atoms with van der Waals surface area (Å²) in [6.07, 6.45) is -0.843. The molecule has 0 fully saturated rings. The lowest BCUT2D eigenvalue weighted by atomic mass is 10.1. The normalized spacial score (nSPS) is 13.8. The maximum absolute atomic E-state index is 13.8. The van der Waals surface area contributed by atoms with Gasteiger partial charge >= 0.3 is 0 Å². The Bertz CT molecular complexity index is 406. The van der Waals surface area contributed by atoms with Crippen molar-refractivity contribution in [2.45, 2.75) is 31.6 Å². The third-order valence-corrected chi connectivity index (χ3v) is 4.71. The molecule has 1 rings (SSSR count). The molecule has 96 valence electrons. The summed E-state index contributed by atoms with van der Waals surface area (Å²) < 4.78 is 14.3. The van der Waals surface area contributed by atoms with E-state index in [1.165, 1.54) is 0 Å². The molecular formula is C12H15BrClFOS. The predicted molar refractivity (Wildman–Crippen MR) is 76.3 cm³/mol. The molecule has 0 aliphatic carbocycles. The lowest BCUT2D eigenvalue weighted by Crippen LogP contribution is -2.13. The average Bonchev–Trinajstić information content (AvgIpc) is 2.22. The molecule has 0 aliphatic heterocycles. The SMILES string of the molecule is CC(C)(C)SCC(O)c1ccc(Br)c(Cl)c1F. The predicted octanol–water partition coefficient (Wildman–Crippen LogP) is 4.81. The molecule has 1 N–H and O–H groups in total. The average molecular weight is 342 g/mol. The Hall–Kier alpha value is 0.230. The van der Waals surface area contributed by atoms with Crippen molar-refractivity contribution in [3.8, 4) is 0 Å². The van der Waals surface area contributed by atoms with Crippen molar-refractivity contribution in [2.24, 2.45) is 0 Å². The van der Waals surface area contributed by atoms with Crippen LogP contribution in [0.3, 0.4) is 0 Å². The second-order valence-electron chi connectivity index (χ2n) is 4.70. The van der Waals surface area contributed by atoms with Crippen molar-refractivity contribution in [3.05, 3.63) is 33.0 Å². The highest BCUT2D eigenvalue weighted by Crippen LogP contribution is 2.33. The second kappa shape index (κ2) is 5.91. The van der Waals surface area contributed by atoms with E-state index in [0.29, 0.717) is 10.2 Å². The smallest absolute Gasteiger partial charge is 0.148 e. The minimum Gasteiger partial charge on any atom is -0.387 e. The Morgan fingerprint density at radius 1 is 1.47 bits per heavy atom. The molecule has 0 saturated heterocycles. The van der Waals surface area contributed by atoms with Crippen molar-refractivity contribution in [2.75, 3.05) is 5.75 Å². The molecule has 1 unspecified atom stereocenters. The Morgan fingerprint density at radius 2 is 2.06 bits per heavy atom. The van der Waals surface area contributed by atoms with E-state index in [1.54, 1.807) is 23.9 Å². The van der Waals surface area contributed by atoms with Crippen LogP contribution < -0.4 is 0 Å². The molecular weight excluding hydrogens is 327 g/mol. The van der Waals surface area contributed by atoms with Gasteiger partial charge in [0.1, 0.15) is 5.82 Å². The number of hydrogen-bond acceptors (Lipinski definition) is 2. The van der Waals surface area contributed by atoms with Gasteiger partial charge < -0.3 is 5.11 Å². The van der Waals surface area contributed by atoms with Gasteiger partial charge in [0.2, 0.25) is 0 Å². The van der Waals surface area contributed by atoms with Crippen LogP contribution in [0.15, 0.2) is 16.6 Å². The van der Waals surface area contributed by atoms with E-state index in [2.05, 4.69) is 36.7 Å². The summed E-state index contributed by atoms with van der Waals surface area (Å²) in [5, 5.41) is 9.96. The van der Waals surface area contributed by atoms with Crippen LogP contribution in [-0.2, 0) is 0 Å². The summed E-state index contributed by atoms with van der Waals surface area (Å²) in [4.78, 5) is 0. The lowest BCUT2D eigenvalue weighted by molar-refractivity contribution is 0.198. The standard InChI is InChI=1S/C12H15BrClFOS/c1-12(2,3)17-6-9(16)7-4-5-8(13)10(14)11(7)15/h4-5,9,16H,6H2,1-3H3. The maximum atomic E-state index is 13.8. The highest BCUT2D eigenvalue weighted by molar-refractivity contribution is 9.10. The van der Waals surface area contributed by atoms with Gasteiger partial charge in [-0.1, -0.05) is 38.4 Å². The summed E-state index contributed by atoms with van der Waals surface area (Å²) in [7, 11) is 0. The molecule has 0 amide bonds. The zero-order chi connectivity index (χ0) is 13.2. The summed E-state index contributed by atoms with van der Waals surface area (Å²) in [5.41, 5.74) is 0.245. The number of hydrogen-bond donors (Lipinski definition) is 1. The van der Waals surface area contributed by atoms with E-state index in [9.17, 15) is 9.50 Å². The second-order valence-corrected chi connectivity index (χ2v) is 7.78. The molecule has 0 radical (unpaired) electrons. The van der Waals surface area contributed by atoms with E-state index < -0.39 is 11.9 Å².